The highest BCUT2D eigenvalue weighted by molar-refractivity contribution is 9.10. The van der Waals surface area contributed by atoms with E-state index in [1.807, 2.05) is 0 Å². The van der Waals surface area contributed by atoms with E-state index >= 15 is 0 Å². The molecule has 3 nitrogen and oxygen atoms in total. The van der Waals surface area contributed by atoms with Crippen molar-refractivity contribution in [1.29, 1.82) is 5.26 Å². The minimum Gasteiger partial charge on any atom is -0.366 e. The highest BCUT2D eigenvalue weighted by atomic mass is 79.9. The summed E-state index contributed by atoms with van der Waals surface area (Å²) in [6.45, 7) is 2.94. The molecule has 1 saturated heterocycles. The second-order valence-corrected chi connectivity index (χ2v) is 5.16. The van der Waals surface area contributed by atoms with Crippen LogP contribution in [0, 0.1) is 11.3 Å². The second kappa shape index (κ2) is 6.04. The molecule has 0 radical (unpaired) electrons. The zero-order valence-electron chi connectivity index (χ0n) is 9.69. The third-order valence-corrected chi connectivity index (χ3v) is 3.59. The molecule has 2 rings (SSSR count). The zero-order chi connectivity index (χ0) is 12.1. The van der Waals surface area contributed by atoms with E-state index in [0.717, 1.165) is 30.5 Å². The van der Waals surface area contributed by atoms with Gasteiger partial charge in [-0.05, 0) is 37.2 Å². The second-order valence-electron chi connectivity index (χ2n) is 4.24. The van der Waals surface area contributed by atoms with E-state index in [4.69, 9.17) is 5.26 Å². The first-order valence-corrected chi connectivity index (χ1v) is 6.70. The van der Waals surface area contributed by atoms with Crippen LogP contribution in [0.2, 0.25) is 0 Å². The maximum atomic E-state index is 8.91. The number of hydrogen-bond acceptors (Lipinski definition) is 3. The van der Waals surface area contributed by atoms with Crippen LogP contribution in [0.1, 0.15) is 12.8 Å². The Hall–Kier alpha value is -1.05. The molecule has 1 heterocycles. The molecule has 0 aliphatic carbocycles. The van der Waals surface area contributed by atoms with Gasteiger partial charge in [0.15, 0.2) is 0 Å². The van der Waals surface area contributed by atoms with Gasteiger partial charge in [-0.1, -0.05) is 15.9 Å². The zero-order valence-corrected chi connectivity index (χ0v) is 11.3. The molecule has 0 aromatic heterocycles. The lowest BCUT2D eigenvalue weighted by Crippen LogP contribution is -2.39. The summed E-state index contributed by atoms with van der Waals surface area (Å²) in [5, 5.41) is 12.3. The summed E-state index contributed by atoms with van der Waals surface area (Å²) < 4.78 is 1.09. The number of rotatable bonds is 2. The summed E-state index contributed by atoms with van der Waals surface area (Å²) in [5.74, 6) is 0. The third-order valence-electron chi connectivity index (χ3n) is 3.06. The van der Waals surface area contributed by atoms with Gasteiger partial charge in [-0.2, -0.15) is 5.26 Å². The molecule has 1 aliphatic rings. The lowest BCUT2D eigenvalue weighted by molar-refractivity contribution is 0.597. The van der Waals surface area contributed by atoms with Crippen LogP contribution in [-0.2, 0) is 0 Å². The maximum Gasteiger partial charge on any atom is 0.0643 e. The Morgan fingerprint density at radius 1 is 1.41 bits per heavy atom. The standard InChI is InChI=1S/C13H16BrN3/c14-11-2-4-12(5-3-11)17-9-1-8-16-10-13(17)6-7-15/h2-5,13,16H,1,6,8-10H2. The number of benzene rings is 1. The van der Waals surface area contributed by atoms with Crippen LogP contribution in [0.4, 0.5) is 5.69 Å². The summed E-state index contributed by atoms with van der Waals surface area (Å²) >= 11 is 3.45. The minimum absolute atomic E-state index is 0.281. The van der Waals surface area contributed by atoms with E-state index in [1.165, 1.54) is 5.69 Å². The third kappa shape index (κ3) is 3.21. The van der Waals surface area contributed by atoms with E-state index in [2.05, 4.69) is 56.5 Å². The molecule has 4 heteroatoms. The van der Waals surface area contributed by atoms with Gasteiger partial charge < -0.3 is 10.2 Å². The molecule has 0 bridgehead atoms. The van der Waals surface area contributed by atoms with E-state index in [1.54, 1.807) is 0 Å². The highest BCUT2D eigenvalue weighted by Gasteiger charge is 2.20. The smallest absolute Gasteiger partial charge is 0.0643 e. The van der Waals surface area contributed by atoms with Crippen molar-refractivity contribution in [3.63, 3.8) is 0 Å². The molecule has 17 heavy (non-hydrogen) atoms. The fraction of sp³-hybridized carbons (Fsp3) is 0.462. The van der Waals surface area contributed by atoms with Crippen LogP contribution in [0.25, 0.3) is 0 Å². The predicted octanol–water partition coefficient (Wildman–Crippen LogP) is 2.53. The van der Waals surface area contributed by atoms with Gasteiger partial charge in [-0.25, -0.2) is 0 Å². The van der Waals surface area contributed by atoms with Crippen LogP contribution in [0.15, 0.2) is 28.7 Å². The number of hydrogen-bond donors (Lipinski definition) is 1. The highest BCUT2D eigenvalue weighted by Crippen LogP contribution is 2.22. The van der Waals surface area contributed by atoms with Crippen LogP contribution in [0.3, 0.4) is 0 Å². The van der Waals surface area contributed by atoms with Gasteiger partial charge in [-0.3, -0.25) is 0 Å². The van der Waals surface area contributed by atoms with Crippen LogP contribution >= 0.6 is 15.9 Å². The monoisotopic (exact) mass is 293 g/mol. The Kier molecular flexibility index (Phi) is 4.41. The number of nitrogens with zero attached hydrogens (tertiary/aromatic N) is 2. The topological polar surface area (TPSA) is 39.1 Å². The molecule has 1 N–H and O–H groups in total. The lowest BCUT2D eigenvalue weighted by Gasteiger charge is -2.30. The summed E-state index contributed by atoms with van der Waals surface area (Å²) in [7, 11) is 0. The Morgan fingerprint density at radius 3 is 2.88 bits per heavy atom. The first-order valence-electron chi connectivity index (χ1n) is 5.91. The molecule has 0 amide bonds. The van der Waals surface area contributed by atoms with Crippen molar-refractivity contribution in [3.8, 4) is 6.07 Å². The van der Waals surface area contributed by atoms with Crippen molar-refractivity contribution >= 4 is 21.6 Å². The van der Waals surface area contributed by atoms with E-state index < -0.39 is 0 Å². The quantitative estimate of drug-likeness (QED) is 0.911. The van der Waals surface area contributed by atoms with Crippen molar-refractivity contribution in [2.24, 2.45) is 0 Å². The average molecular weight is 294 g/mol. The molecule has 0 spiro atoms. The van der Waals surface area contributed by atoms with Crippen LogP contribution < -0.4 is 10.2 Å². The van der Waals surface area contributed by atoms with Gasteiger partial charge in [0.05, 0.1) is 18.5 Å². The number of nitrogens with one attached hydrogen (secondary N) is 1. The number of nitriles is 1. The Morgan fingerprint density at radius 2 is 2.18 bits per heavy atom. The summed E-state index contributed by atoms with van der Waals surface area (Å²) in [4.78, 5) is 2.34. The van der Waals surface area contributed by atoms with E-state index in [0.29, 0.717) is 6.42 Å². The minimum atomic E-state index is 0.281. The van der Waals surface area contributed by atoms with Crippen molar-refractivity contribution in [2.45, 2.75) is 18.9 Å². The van der Waals surface area contributed by atoms with Gasteiger partial charge in [0, 0.05) is 23.2 Å². The molecule has 1 aliphatic heterocycles. The predicted molar refractivity (Wildman–Crippen MR) is 73.0 cm³/mol. The SMILES string of the molecule is N#CCC1CNCCCN1c1ccc(Br)cc1. The molecule has 1 aromatic rings. The summed E-state index contributed by atoms with van der Waals surface area (Å²) in [6, 6.07) is 10.9. The van der Waals surface area contributed by atoms with E-state index in [9.17, 15) is 0 Å². The number of anilines is 1. The Balaban J connectivity index is 2.19. The summed E-state index contributed by atoms with van der Waals surface area (Å²) in [5.41, 5.74) is 1.21. The maximum absolute atomic E-state index is 8.91. The van der Waals surface area contributed by atoms with Gasteiger partial charge in [-0.15, -0.1) is 0 Å². The molecule has 90 valence electrons. The first kappa shape index (κ1) is 12.4. The van der Waals surface area contributed by atoms with Crippen molar-refractivity contribution in [3.05, 3.63) is 28.7 Å². The molecule has 0 saturated carbocycles. The van der Waals surface area contributed by atoms with Crippen LogP contribution in [0.5, 0.6) is 0 Å². The molecular weight excluding hydrogens is 278 g/mol. The number of halogens is 1. The summed E-state index contributed by atoms with van der Waals surface area (Å²) in [6.07, 6.45) is 1.70. The van der Waals surface area contributed by atoms with Crippen LogP contribution in [-0.4, -0.2) is 25.7 Å². The Bertz CT molecular complexity index is 396. The van der Waals surface area contributed by atoms with Crippen molar-refractivity contribution < 1.29 is 0 Å². The van der Waals surface area contributed by atoms with Gasteiger partial charge in [0.25, 0.3) is 0 Å². The Labute approximate surface area is 111 Å². The molecule has 1 atom stereocenters. The van der Waals surface area contributed by atoms with Gasteiger partial charge >= 0.3 is 0 Å². The molecule has 1 fully saturated rings. The van der Waals surface area contributed by atoms with Gasteiger partial charge in [0.2, 0.25) is 0 Å². The normalized spacial score (nSPS) is 20.7. The molecule has 1 unspecified atom stereocenters. The average Bonchev–Trinajstić information content (AvgIpc) is 2.56. The van der Waals surface area contributed by atoms with Crippen molar-refractivity contribution in [1.82, 2.24) is 5.32 Å². The fourth-order valence-electron chi connectivity index (χ4n) is 2.20. The molecular formula is C13H16BrN3. The first-order chi connectivity index (χ1) is 8.31. The molecule has 1 aromatic carbocycles. The van der Waals surface area contributed by atoms with Crippen molar-refractivity contribution in [2.75, 3.05) is 24.5 Å². The lowest BCUT2D eigenvalue weighted by atomic mass is 10.1. The van der Waals surface area contributed by atoms with E-state index in [-0.39, 0.29) is 6.04 Å². The largest absolute Gasteiger partial charge is 0.366 e. The van der Waals surface area contributed by atoms with Gasteiger partial charge in [0.1, 0.15) is 0 Å². The fourth-order valence-corrected chi connectivity index (χ4v) is 2.46.